The number of hydrogen-bond acceptors (Lipinski definition) is 6. The molecular weight excluding hydrogens is 462 g/mol. The van der Waals surface area contributed by atoms with Crippen molar-refractivity contribution in [3.8, 4) is 23.0 Å². The number of methoxy groups -OCH3 is 2. The predicted molar refractivity (Wildman–Crippen MR) is 140 cm³/mol. The summed E-state index contributed by atoms with van der Waals surface area (Å²) in [4.78, 5) is 17.4. The first-order valence-corrected chi connectivity index (χ1v) is 11.2. The van der Waals surface area contributed by atoms with E-state index in [0.717, 1.165) is 27.4 Å². The number of thiocarbonyl (C=S) groups is 1. The van der Waals surface area contributed by atoms with Crippen molar-refractivity contribution < 1.29 is 18.7 Å². The second-order valence-electron chi connectivity index (χ2n) is 7.71. The lowest BCUT2D eigenvalue weighted by Crippen LogP contribution is -2.34. The van der Waals surface area contributed by atoms with Gasteiger partial charge in [-0.1, -0.05) is 36.4 Å². The maximum atomic E-state index is 12.6. The number of oxazole rings is 1. The van der Waals surface area contributed by atoms with E-state index in [0.29, 0.717) is 28.6 Å². The summed E-state index contributed by atoms with van der Waals surface area (Å²) in [6, 6.07) is 24.4. The van der Waals surface area contributed by atoms with Gasteiger partial charge in [-0.15, -0.1) is 0 Å². The number of benzene rings is 4. The van der Waals surface area contributed by atoms with Gasteiger partial charge in [0.2, 0.25) is 5.89 Å². The van der Waals surface area contributed by atoms with Crippen LogP contribution in [0.15, 0.2) is 83.3 Å². The molecule has 1 amide bonds. The van der Waals surface area contributed by atoms with Crippen molar-refractivity contribution in [3.63, 3.8) is 0 Å². The van der Waals surface area contributed by atoms with E-state index in [2.05, 4.69) is 10.6 Å². The van der Waals surface area contributed by atoms with Crippen molar-refractivity contribution in [1.82, 2.24) is 10.3 Å². The summed E-state index contributed by atoms with van der Waals surface area (Å²) < 4.78 is 16.5. The zero-order valence-electron chi connectivity index (χ0n) is 19.0. The molecule has 0 saturated heterocycles. The molecule has 174 valence electrons. The second-order valence-corrected chi connectivity index (χ2v) is 8.12. The molecule has 0 fully saturated rings. The van der Waals surface area contributed by atoms with Gasteiger partial charge >= 0.3 is 0 Å². The Bertz CT molecular complexity index is 1580. The molecule has 0 aliphatic heterocycles. The van der Waals surface area contributed by atoms with Crippen LogP contribution >= 0.6 is 12.2 Å². The van der Waals surface area contributed by atoms with E-state index < -0.39 is 0 Å². The van der Waals surface area contributed by atoms with Gasteiger partial charge in [-0.3, -0.25) is 10.1 Å². The molecular formula is C27H21N3O4S. The average molecular weight is 484 g/mol. The van der Waals surface area contributed by atoms with Gasteiger partial charge in [-0.05, 0) is 60.1 Å². The van der Waals surface area contributed by atoms with Gasteiger partial charge in [-0.2, -0.15) is 0 Å². The number of nitrogens with zero attached hydrogens (tertiary/aromatic N) is 1. The summed E-state index contributed by atoms with van der Waals surface area (Å²) in [5, 5.41) is 8.02. The topological polar surface area (TPSA) is 85.6 Å². The summed E-state index contributed by atoms with van der Waals surface area (Å²) in [5.74, 6) is 1.12. The monoisotopic (exact) mass is 483 g/mol. The third kappa shape index (κ3) is 4.51. The highest BCUT2D eigenvalue weighted by Gasteiger charge is 2.14. The lowest BCUT2D eigenvalue weighted by atomic mass is 10.1. The first kappa shape index (κ1) is 22.4. The molecule has 0 unspecified atom stereocenters. The van der Waals surface area contributed by atoms with Crippen LogP contribution in [0, 0.1) is 0 Å². The van der Waals surface area contributed by atoms with Crippen molar-refractivity contribution in [2.75, 3.05) is 19.5 Å². The molecule has 0 aliphatic carbocycles. The molecule has 0 radical (unpaired) electrons. The summed E-state index contributed by atoms with van der Waals surface area (Å²) in [6.45, 7) is 0. The molecule has 5 aromatic rings. The van der Waals surface area contributed by atoms with Gasteiger partial charge < -0.3 is 19.2 Å². The van der Waals surface area contributed by atoms with Gasteiger partial charge in [0.1, 0.15) is 5.52 Å². The van der Waals surface area contributed by atoms with Crippen molar-refractivity contribution >= 4 is 50.8 Å². The zero-order valence-corrected chi connectivity index (χ0v) is 19.8. The lowest BCUT2D eigenvalue weighted by Gasteiger charge is -2.12. The number of carbonyl (C=O) groups excluding carboxylic acids is 1. The molecule has 7 nitrogen and oxygen atoms in total. The number of nitrogens with one attached hydrogen (secondary N) is 2. The Morgan fingerprint density at radius 1 is 0.914 bits per heavy atom. The van der Waals surface area contributed by atoms with E-state index in [1.54, 1.807) is 18.2 Å². The number of ether oxygens (including phenoxy) is 2. The summed E-state index contributed by atoms with van der Waals surface area (Å²) in [7, 11) is 3.05. The third-order valence-electron chi connectivity index (χ3n) is 5.52. The summed E-state index contributed by atoms with van der Waals surface area (Å²) in [5.41, 5.74) is 3.39. The van der Waals surface area contributed by atoms with Crippen LogP contribution in [0.3, 0.4) is 0 Å². The Labute approximate surface area is 206 Å². The minimum atomic E-state index is -0.370. The molecule has 1 aromatic heterocycles. The van der Waals surface area contributed by atoms with Crippen LogP contribution in [-0.4, -0.2) is 30.2 Å². The van der Waals surface area contributed by atoms with E-state index in [9.17, 15) is 4.79 Å². The highest BCUT2D eigenvalue weighted by Crippen LogP contribution is 2.31. The lowest BCUT2D eigenvalue weighted by molar-refractivity contribution is 0.0977. The molecule has 5 rings (SSSR count). The first-order valence-electron chi connectivity index (χ1n) is 10.8. The summed E-state index contributed by atoms with van der Waals surface area (Å²) >= 11 is 5.35. The quantitative estimate of drug-likeness (QED) is 0.306. The van der Waals surface area contributed by atoms with E-state index in [1.807, 2.05) is 60.7 Å². The number of amides is 1. The third-order valence-corrected chi connectivity index (χ3v) is 5.73. The molecule has 4 aromatic carbocycles. The van der Waals surface area contributed by atoms with Gasteiger partial charge in [0, 0.05) is 22.2 Å². The Balaban J connectivity index is 1.33. The van der Waals surface area contributed by atoms with E-state index in [-0.39, 0.29) is 11.0 Å². The van der Waals surface area contributed by atoms with Gasteiger partial charge in [0.15, 0.2) is 22.2 Å². The van der Waals surface area contributed by atoms with Crippen LogP contribution in [-0.2, 0) is 0 Å². The molecule has 0 bridgehead atoms. The maximum Gasteiger partial charge on any atom is 0.257 e. The fraction of sp³-hybridized carbons (Fsp3) is 0.0741. The zero-order chi connectivity index (χ0) is 24.4. The molecule has 35 heavy (non-hydrogen) atoms. The molecule has 0 spiro atoms. The highest BCUT2D eigenvalue weighted by molar-refractivity contribution is 7.80. The number of carbonyl (C=O) groups is 1. The Hall–Kier alpha value is -4.43. The number of fused-ring (bicyclic) bond motifs is 3. The summed E-state index contributed by atoms with van der Waals surface area (Å²) in [6.07, 6.45) is 0. The highest BCUT2D eigenvalue weighted by atomic mass is 32.1. The average Bonchev–Trinajstić information content (AvgIpc) is 3.33. The minimum absolute atomic E-state index is 0.158. The Morgan fingerprint density at radius 2 is 1.74 bits per heavy atom. The standard InChI is InChI=1S/C27H21N3O4S/c1-32-21-12-11-17(15-23(21)33-2)25(31)30-27(35)28-19-8-5-7-18(14-19)26-29-24-20-9-4-3-6-16(20)10-13-22(24)34-26/h3-15H,1-2H3,(H2,28,30,31,35). The van der Waals surface area contributed by atoms with Crippen LogP contribution in [0.4, 0.5) is 5.69 Å². The number of rotatable bonds is 5. The van der Waals surface area contributed by atoms with Gasteiger partial charge in [0.05, 0.1) is 14.2 Å². The van der Waals surface area contributed by atoms with Crippen molar-refractivity contribution in [1.29, 1.82) is 0 Å². The Kier molecular flexibility index (Phi) is 6.03. The number of hydrogen-bond donors (Lipinski definition) is 2. The number of anilines is 1. The van der Waals surface area contributed by atoms with Crippen LogP contribution in [0.25, 0.3) is 33.3 Å². The van der Waals surface area contributed by atoms with Gasteiger partial charge in [-0.25, -0.2) is 4.98 Å². The normalized spacial score (nSPS) is 10.8. The largest absolute Gasteiger partial charge is 0.493 e. The SMILES string of the molecule is COc1ccc(C(=O)NC(=S)Nc2cccc(-c3nc4c(ccc5ccccc54)o3)c2)cc1OC. The Morgan fingerprint density at radius 3 is 2.57 bits per heavy atom. The van der Waals surface area contributed by atoms with Crippen LogP contribution < -0.4 is 20.1 Å². The molecule has 8 heteroatoms. The van der Waals surface area contributed by atoms with Crippen LogP contribution in [0.1, 0.15) is 10.4 Å². The van der Waals surface area contributed by atoms with Crippen LogP contribution in [0.2, 0.25) is 0 Å². The maximum absolute atomic E-state index is 12.6. The number of aromatic nitrogens is 1. The first-order chi connectivity index (χ1) is 17.1. The predicted octanol–water partition coefficient (Wildman–Crippen LogP) is 5.79. The smallest absolute Gasteiger partial charge is 0.257 e. The second kappa shape index (κ2) is 9.44. The fourth-order valence-electron chi connectivity index (χ4n) is 3.83. The fourth-order valence-corrected chi connectivity index (χ4v) is 4.04. The van der Waals surface area contributed by atoms with E-state index in [1.165, 1.54) is 14.2 Å². The molecule has 0 saturated carbocycles. The van der Waals surface area contributed by atoms with E-state index >= 15 is 0 Å². The van der Waals surface area contributed by atoms with Crippen LogP contribution in [0.5, 0.6) is 11.5 Å². The van der Waals surface area contributed by atoms with Crippen molar-refractivity contribution in [2.24, 2.45) is 0 Å². The minimum Gasteiger partial charge on any atom is -0.493 e. The molecule has 2 N–H and O–H groups in total. The van der Waals surface area contributed by atoms with Gasteiger partial charge in [0.25, 0.3) is 5.91 Å². The molecule has 0 aliphatic rings. The van der Waals surface area contributed by atoms with Crippen molar-refractivity contribution in [2.45, 2.75) is 0 Å². The molecule has 1 heterocycles. The van der Waals surface area contributed by atoms with E-state index in [4.69, 9.17) is 31.1 Å². The molecule has 0 atom stereocenters. The van der Waals surface area contributed by atoms with Crippen molar-refractivity contribution in [3.05, 3.63) is 84.4 Å².